The zero-order valence-corrected chi connectivity index (χ0v) is 17.6. The molecular formula is C21H19BrFN3OS. The van der Waals surface area contributed by atoms with Crippen LogP contribution in [0.25, 0.3) is 0 Å². The number of thioether (sulfide) groups is 1. The van der Waals surface area contributed by atoms with Gasteiger partial charge in [0.25, 0.3) is 0 Å². The van der Waals surface area contributed by atoms with E-state index in [1.807, 2.05) is 25.1 Å². The Labute approximate surface area is 176 Å². The van der Waals surface area contributed by atoms with Crippen molar-refractivity contribution in [2.45, 2.75) is 24.8 Å². The Hall–Kier alpha value is -2.38. The second-order valence-corrected chi connectivity index (χ2v) is 8.77. The van der Waals surface area contributed by atoms with Crippen LogP contribution in [-0.2, 0) is 12.8 Å². The third-order valence-electron chi connectivity index (χ3n) is 4.17. The topological polar surface area (TPSA) is 58.0 Å². The number of hydrogen-bond acceptors (Lipinski definition) is 5. The van der Waals surface area contributed by atoms with Gasteiger partial charge in [0, 0.05) is 21.1 Å². The predicted molar refractivity (Wildman–Crippen MR) is 116 cm³/mol. The van der Waals surface area contributed by atoms with Gasteiger partial charge in [-0.3, -0.25) is 0 Å². The first-order valence-corrected chi connectivity index (χ1v) is 10.2. The van der Waals surface area contributed by atoms with Crippen LogP contribution in [0.15, 0.2) is 64.2 Å². The lowest BCUT2D eigenvalue weighted by Crippen LogP contribution is -2.00. The molecule has 1 heterocycles. The maximum atomic E-state index is 13.3. The molecule has 0 aliphatic heterocycles. The predicted octanol–water partition coefficient (Wildman–Crippen LogP) is 6.12. The Morgan fingerprint density at radius 2 is 2.04 bits per heavy atom. The van der Waals surface area contributed by atoms with E-state index in [1.165, 1.54) is 30.2 Å². The lowest BCUT2D eigenvalue weighted by molar-refractivity contribution is 0.468. The number of phenols is 1. The van der Waals surface area contributed by atoms with Crippen molar-refractivity contribution in [2.24, 2.45) is 0 Å². The van der Waals surface area contributed by atoms with Crippen molar-refractivity contribution >= 4 is 39.2 Å². The normalized spacial score (nSPS) is 10.7. The number of phenolic OH excluding ortho intramolecular Hbond substituents is 1. The summed E-state index contributed by atoms with van der Waals surface area (Å²) in [5, 5.41) is 14.4. The van der Waals surface area contributed by atoms with E-state index in [-0.39, 0.29) is 11.6 Å². The van der Waals surface area contributed by atoms with Gasteiger partial charge in [0.15, 0.2) is 0 Å². The SMILES string of the molecule is C=C(Br)Sc1ncnc(Nc2ccc(CCc3cccc(F)c3)c(O)c2)c1C. The van der Waals surface area contributed by atoms with E-state index in [0.717, 1.165) is 31.2 Å². The summed E-state index contributed by atoms with van der Waals surface area (Å²) in [5.74, 6) is 0.609. The Morgan fingerprint density at radius 1 is 1.21 bits per heavy atom. The monoisotopic (exact) mass is 459 g/mol. The summed E-state index contributed by atoms with van der Waals surface area (Å²) in [7, 11) is 0. The largest absolute Gasteiger partial charge is 0.508 e. The first-order valence-electron chi connectivity index (χ1n) is 8.59. The summed E-state index contributed by atoms with van der Waals surface area (Å²) in [6.45, 7) is 5.74. The molecule has 4 nitrogen and oxygen atoms in total. The summed E-state index contributed by atoms with van der Waals surface area (Å²) in [6.07, 6.45) is 2.76. The van der Waals surface area contributed by atoms with Crippen molar-refractivity contribution in [3.05, 3.63) is 81.7 Å². The minimum Gasteiger partial charge on any atom is -0.508 e. The molecular weight excluding hydrogens is 441 g/mol. The molecule has 0 fully saturated rings. The molecule has 0 aliphatic carbocycles. The molecule has 3 aromatic rings. The van der Waals surface area contributed by atoms with Crippen molar-refractivity contribution < 1.29 is 9.50 Å². The Bertz CT molecular complexity index is 1010. The highest BCUT2D eigenvalue weighted by Gasteiger charge is 2.10. The molecule has 0 saturated carbocycles. The molecule has 0 radical (unpaired) electrons. The lowest BCUT2D eigenvalue weighted by Gasteiger charge is -2.12. The minimum atomic E-state index is -0.248. The quantitative estimate of drug-likeness (QED) is 0.329. The summed E-state index contributed by atoms with van der Waals surface area (Å²) >= 11 is 4.74. The molecule has 0 aliphatic rings. The first kappa shape index (κ1) is 20.4. The highest BCUT2D eigenvalue weighted by Crippen LogP contribution is 2.33. The van der Waals surface area contributed by atoms with Crippen molar-refractivity contribution in [2.75, 3.05) is 5.32 Å². The number of hydrogen-bond donors (Lipinski definition) is 2. The molecule has 0 unspecified atom stereocenters. The van der Waals surface area contributed by atoms with E-state index >= 15 is 0 Å². The standard InChI is InChI=1S/C21H19BrFN3OS/c1-13-20(24-12-25-21(13)28-14(2)22)26-18-9-8-16(19(27)11-18)7-6-15-4-3-5-17(23)10-15/h3-5,8-12,27H,2,6-7H2,1H3,(H,24,25,26). The zero-order valence-electron chi connectivity index (χ0n) is 15.2. The van der Waals surface area contributed by atoms with Gasteiger partial charge in [-0.15, -0.1) is 0 Å². The van der Waals surface area contributed by atoms with Gasteiger partial charge < -0.3 is 10.4 Å². The summed E-state index contributed by atoms with van der Waals surface area (Å²) in [5.41, 5.74) is 3.32. The summed E-state index contributed by atoms with van der Waals surface area (Å²) in [4.78, 5) is 8.54. The van der Waals surface area contributed by atoms with Gasteiger partial charge in [0.1, 0.15) is 28.7 Å². The molecule has 0 bridgehead atoms. The molecule has 0 saturated heterocycles. The van der Waals surface area contributed by atoms with Crippen LogP contribution in [0.3, 0.4) is 0 Å². The fourth-order valence-electron chi connectivity index (χ4n) is 2.73. The van der Waals surface area contributed by atoms with Gasteiger partial charge >= 0.3 is 0 Å². The van der Waals surface area contributed by atoms with Gasteiger partial charge in [-0.2, -0.15) is 0 Å². The van der Waals surface area contributed by atoms with E-state index in [1.54, 1.807) is 12.1 Å². The number of aromatic nitrogens is 2. The molecule has 144 valence electrons. The highest BCUT2D eigenvalue weighted by atomic mass is 79.9. The average Bonchev–Trinajstić information content (AvgIpc) is 2.64. The lowest BCUT2D eigenvalue weighted by atomic mass is 10.0. The molecule has 2 N–H and O–H groups in total. The number of halogens is 2. The fraction of sp³-hybridized carbons (Fsp3) is 0.143. The van der Waals surface area contributed by atoms with Crippen LogP contribution >= 0.6 is 27.7 Å². The summed E-state index contributed by atoms with van der Waals surface area (Å²) in [6, 6.07) is 11.9. The van der Waals surface area contributed by atoms with E-state index in [2.05, 4.69) is 37.8 Å². The molecule has 2 aromatic carbocycles. The van der Waals surface area contributed by atoms with Crippen molar-refractivity contribution in [3.8, 4) is 5.75 Å². The van der Waals surface area contributed by atoms with Gasteiger partial charge in [-0.25, -0.2) is 14.4 Å². The van der Waals surface area contributed by atoms with Gasteiger partial charge in [-0.05, 0) is 65.0 Å². The number of benzene rings is 2. The molecule has 0 amide bonds. The van der Waals surface area contributed by atoms with Crippen LogP contribution in [0.4, 0.5) is 15.9 Å². The number of nitrogens with zero attached hydrogens (tertiary/aromatic N) is 2. The van der Waals surface area contributed by atoms with E-state index < -0.39 is 0 Å². The van der Waals surface area contributed by atoms with E-state index in [0.29, 0.717) is 18.7 Å². The maximum absolute atomic E-state index is 13.3. The van der Waals surface area contributed by atoms with E-state index in [9.17, 15) is 9.50 Å². The highest BCUT2D eigenvalue weighted by molar-refractivity contribution is 9.14. The average molecular weight is 460 g/mol. The second-order valence-electron chi connectivity index (χ2n) is 6.21. The number of aryl methyl sites for hydroxylation is 2. The molecule has 0 spiro atoms. The van der Waals surface area contributed by atoms with Crippen molar-refractivity contribution in [3.63, 3.8) is 0 Å². The number of rotatable bonds is 7. The fourth-order valence-corrected chi connectivity index (χ4v) is 3.75. The van der Waals surface area contributed by atoms with Crippen LogP contribution < -0.4 is 5.32 Å². The molecule has 3 rings (SSSR count). The van der Waals surface area contributed by atoms with Crippen LogP contribution in [-0.4, -0.2) is 15.1 Å². The first-order chi connectivity index (χ1) is 13.4. The molecule has 0 atom stereocenters. The molecule has 28 heavy (non-hydrogen) atoms. The van der Waals surface area contributed by atoms with Crippen LogP contribution in [0.2, 0.25) is 0 Å². The van der Waals surface area contributed by atoms with Crippen LogP contribution in [0, 0.1) is 12.7 Å². The Morgan fingerprint density at radius 3 is 2.75 bits per heavy atom. The second kappa shape index (κ2) is 9.21. The number of aromatic hydroxyl groups is 1. The minimum absolute atomic E-state index is 0.191. The third-order valence-corrected chi connectivity index (χ3v) is 5.48. The van der Waals surface area contributed by atoms with E-state index in [4.69, 9.17) is 0 Å². The van der Waals surface area contributed by atoms with Crippen molar-refractivity contribution in [1.29, 1.82) is 0 Å². The van der Waals surface area contributed by atoms with Crippen molar-refractivity contribution in [1.82, 2.24) is 9.97 Å². The number of anilines is 2. The smallest absolute Gasteiger partial charge is 0.137 e. The van der Waals surface area contributed by atoms with Crippen LogP contribution in [0.1, 0.15) is 16.7 Å². The van der Waals surface area contributed by atoms with Gasteiger partial charge in [0.05, 0.1) is 0 Å². The molecule has 7 heteroatoms. The molecule has 1 aromatic heterocycles. The number of nitrogens with one attached hydrogen (secondary N) is 1. The van der Waals surface area contributed by atoms with Gasteiger partial charge in [0.2, 0.25) is 0 Å². The Balaban J connectivity index is 1.71. The maximum Gasteiger partial charge on any atom is 0.137 e. The van der Waals surface area contributed by atoms with Gasteiger partial charge in [-0.1, -0.05) is 36.5 Å². The third kappa shape index (κ3) is 5.33. The Kier molecular flexibility index (Phi) is 6.70. The zero-order chi connectivity index (χ0) is 20.1. The van der Waals surface area contributed by atoms with Crippen LogP contribution in [0.5, 0.6) is 5.75 Å². The summed E-state index contributed by atoms with van der Waals surface area (Å²) < 4.78 is 14.1.